The summed E-state index contributed by atoms with van der Waals surface area (Å²) in [6, 6.07) is 8.39. The Balaban J connectivity index is 1.82. The van der Waals surface area contributed by atoms with Gasteiger partial charge < -0.3 is 15.4 Å². The van der Waals surface area contributed by atoms with Crippen molar-refractivity contribution in [1.82, 2.24) is 10.6 Å². The van der Waals surface area contributed by atoms with Crippen LogP contribution < -0.4 is 15.4 Å². The smallest absolute Gasteiger partial charge is 0.122 e. The molecule has 3 heteroatoms. The van der Waals surface area contributed by atoms with Gasteiger partial charge in [-0.1, -0.05) is 25.1 Å². The fraction of sp³-hybridized carbons (Fsp3) is 0.571. The van der Waals surface area contributed by atoms with Crippen molar-refractivity contribution in [3.8, 4) is 5.75 Å². The van der Waals surface area contributed by atoms with Gasteiger partial charge in [0.2, 0.25) is 0 Å². The van der Waals surface area contributed by atoms with Gasteiger partial charge in [-0.05, 0) is 24.6 Å². The number of likely N-dealkylation sites (N-methyl/N-ethyl adjacent to an activating group) is 1. The minimum Gasteiger partial charge on any atom is -0.493 e. The lowest BCUT2D eigenvalue weighted by molar-refractivity contribution is 0.265. The monoisotopic (exact) mass is 234 g/mol. The topological polar surface area (TPSA) is 33.3 Å². The number of hydrogen-bond donors (Lipinski definition) is 2. The van der Waals surface area contributed by atoms with Crippen LogP contribution in [0.2, 0.25) is 0 Å². The van der Waals surface area contributed by atoms with Gasteiger partial charge in [-0.15, -0.1) is 0 Å². The maximum absolute atomic E-state index is 5.66. The van der Waals surface area contributed by atoms with Crippen LogP contribution >= 0.6 is 0 Å². The molecule has 17 heavy (non-hydrogen) atoms. The summed E-state index contributed by atoms with van der Waals surface area (Å²) in [6.07, 6.45) is 1.12. The van der Waals surface area contributed by atoms with Gasteiger partial charge in [0.15, 0.2) is 0 Å². The molecular weight excluding hydrogens is 212 g/mol. The SMILES string of the molecule is CCNCCNCC1CCOc2ccccc21. The van der Waals surface area contributed by atoms with Gasteiger partial charge in [-0.2, -0.15) is 0 Å². The molecule has 3 nitrogen and oxygen atoms in total. The van der Waals surface area contributed by atoms with Crippen molar-refractivity contribution in [2.75, 3.05) is 32.8 Å². The van der Waals surface area contributed by atoms with Crippen molar-refractivity contribution >= 4 is 0 Å². The van der Waals surface area contributed by atoms with Gasteiger partial charge in [0.1, 0.15) is 5.75 Å². The maximum atomic E-state index is 5.66. The molecule has 0 spiro atoms. The van der Waals surface area contributed by atoms with E-state index in [2.05, 4.69) is 35.8 Å². The van der Waals surface area contributed by atoms with Gasteiger partial charge >= 0.3 is 0 Å². The Labute approximate surface area is 104 Å². The van der Waals surface area contributed by atoms with Crippen LogP contribution in [0.15, 0.2) is 24.3 Å². The molecule has 0 saturated heterocycles. The molecule has 1 atom stereocenters. The Hall–Kier alpha value is -1.06. The van der Waals surface area contributed by atoms with Crippen LogP contribution in [0.3, 0.4) is 0 Å². The van der Waals surface area contributed by atoms with Gasteiger partial charge in [-0.3, -0.25) is 0 Å². The third kappa shape index (κ3) is 3.45. The van der Waals surface area contributed by atoms with Crippen molar-refractivity contribution in [2.24, 2.45) is 0 Å². The van der Waals surface area contributed by atoms with Crippen molar-refractivity contribution in [3.05, 3.63) is 29.8 Å². The Morgan fingerprint density at radius 3 is 2.94 bits per heavy atom. The molecule has 1 aromatic rings. The van der Waals surface area contributed by atoms with E-state index in [0.717, 1.165) is 45.0 Å². The van der Waals surface area contributed by atoms with E-state index in [9.17, 15) is 0 Å². The molecule has 1 aliphatic rings. The van der Waals surface area contributed by atoms with Crippen molar-refractivity contribution in [2.45, 2.75) is 19.3 Å². The number of rotatable bonds is 6. The predicted octanol–water partition coefficient (Wildman–Crippen LogP) is 1.75. The Bertz CT molecular complexity index is 341. The van der Waals surface area contributed by atoms with Crippen LogP contribution in [0.1, 0.15) is 24.8 Å². The predicted molar refractivity (Wildman–Crippen MR) is 70.7 cm³/mol. The highest BCUT2D eigenvalue weighted by molar-refractivity contribution is 5.37. The molecule has 0 aliphatic carbocycles. The second-order valence-electron chi connectivity index (χ2n) is 4.43. The number of nitrogens with one attached hydrogen (secondary N) is 2. The molecule has 1 aromatic carbocycles. The molecular formula is C14H22N2O. The highest BCUT2D eigenvalue weighted by Gasteiger charge is 2.20. The van der Waals surface area contributed by atoms with Crippen LogP contribution in [0, 0.1) is 0 Å². The van der Waals surface area contributed by atoms with E-state index in [1.807, 2.05) is 6.07 Å². The normalized spacial score (nSPS) is 18.5. The second-order valence-corrected chi connectivity index (χ2v) is 4.43. The summed E-state index contributed by atoms with van der Waals surface area (Å²) in [5.41, 5.74) is 1.36. The molecule has 1 heterocycles. The Morgan fingerprint density at radius 2 is 2.06 bits per heavy atom. The minimum atomic E-state index is 0.599. The first kappa shape index (κ1) is 12.4. The van der Waals surface area contributed by atoms with E-state index < -0.39 is 0 Å². The van der Waals surface area contributed by atoms with Crippen molar-refractivity contribution < 1.29 is 4.74 Å². The van der Waals surface area contributed by atoms with Crippen LogP contribution in [0.25, 0.3) is 0 Å². The standard InChI is InChI=1S/C14H22N2O/c1-2-15-8-9-16-11-12-7-10-17-14-6-4-3-5-13(12)14/h3-6,12,15-16H,2,7-11H2,1H3. The molecule has 0 bridgehead atoms. The summed E-state index contributed by atoms with van der Waals surface area (Å²) in [4.78, 5) is 0. The first-order valence-electron chi connectivity index (χ1n) is 6.55. The molecule has 0 fully saturated rings. The first-order valence-corrected chi connectivity index (χ1v) is 6.55. The number of ether oxygens (including phenoxy) is 1. The number of benzene rings is 1. The molecule has 2 N–H and O–H groups in total. The third-order valence-corrected chi connectivity index (χ3v) is 3.20. The molecule has 2 rings (SSSR count). The lowest BCUT2D eigenvalue weighted by Gasteiger charge is -2.26. The van der Waals surface area contributed by atoms with Crippen LogP contribution in [-0.2, 0) is 0 Å². The van der Waals surface area contributed by atoms with E-state index in [1.54, 1.807) is 0 Å². The summed E-state index contributed by atoms with van der Waals surface area (Å²) in [6.45, 7) is 7.15. The molecule has 0 saturated carbocycles. The highest BCUT2D eigenvalue weighted by atomic mass is 16.5. The maximum Gasteiger partial charge on any atom is 0.122 e. The number of fused-ring (bicyclic) bond motifs is 1. The average Bonchev–Trinajstić information content (AvgIpc) is 2.39. The van der Waals surface area contributed by atoms with E-state index in [-0.39, 0.29) is 0 Å². The molecule has 1 aliphatic heterocycles. The molecule has 1 unspecified atom stereocenters. The number of para-hydroxylation sites is 1. The number of hydrogen-bond acceptors (Lipinski definition) is 3. The van der Waals surface area contributed by atoms with E-state index in [1.165, 1.54) is 5.56 Å². The van der Waals surface area contributed by atoms with Crippen molar-refractivity contribution in [3.63, 3.8) is 0 Å². The van der Waals surface area contributed by atoms with Crippen LogP contribution in [-0.4, -0.2) is 32.8 Å². The summed E-state index contributed by atoms with van der Waals surface area (Å²) < 4.78 is 5.66. The van der Waals surface area contributed by atoms with Crippen LogP contribution in [0.4, 0.5) is 0 Å². The summed E-state index contributed by atoms with van der Waals surface area (Å²) in [5.74, 6) is 1.67. The fourth-order valence-corrected chi connectivity index (χ4v) is 2.26. The zero-order chi connectivity index (χ0) is 11.9. The van der Waals surface area contributed by atoms with E-state index in [0.29, 0.717) is 5.92 Å². The van der Waals surface area contributed by atoms with Gasteiger partial charge in [0.05, 0.1) is 6.61 Å². The molecule has 0 aromatic heterocycles. The quantitative estimate of drug-likeness (QED) is 0.736. The first-order chi connectivity index (χ1) is 8.42. The molecule has 0 amide bonds. The summed E-state index contributed by atoms with van der Waals surface area (Å²) in [5, 5.41) is 6.83. The Morgan fingerprint density at radius 1 is 1.24 bits per heavy atom. The van der Waals surface area contributed by atoms with Gasteiger partial charge in [0.25, 0.3) is 0 Å². The second kappa shape index (κ2) is 6.62. The van der Waals surface area contributed by atoms with Gasteiger partial charge in [0, 0.05) is 25.6 Å². The zero-order valence-corrected chi connectivity index (χ0v) is 10.5. The van der Waals surface area contributed by atoms with E-state index in [4.69, 9.17) is 4.74 Å². The molecule has 94 valence electrons. The third-order valence-electron chi connectivity index (χ3n) is 3.20. The summed E-state index contributed by atoms with van der Waals surface area (Å²) in [7, 11) is 0. The van der Waals surface area contributed by atoms with E-state index >= 15 is 0 Å². The average molecular weight is 234 g/mol. The summed E-state index contributed by atoms with van der Waals surface area (Å²) >= 11 is 0. The highest BCUT2D eigenvalue weighted by Crippen LogP contribution is 2.32. The van der Waals surface area contributed by atoms with Crippen molar-refractivity contribution in [1.29, 1.82) is 0 Å². The largest absolute Gasteiger partial charge is 0.493 e. The lowest BCUT2D eigenvalue weighted by Crippen LogP contribution is -2.31. The van der Waals surface area contributed by atoms with Gasteiger partial charge in [-0.25, -0.2) is 0 Å². The molecule has 0 radical (unpaired) electrons. The lowest BCUT2D eigenvalue weighted by atomic mass is 9.93. The Kier molecular flexibility index (Phi) is 4.83. The minimum absolute atomic E-state index is 0.599. The fourth-order valence-electron chi connectivity index (χ4n) is 2.26. The van der Waals surface area contributed by atoms with Crippen LogP contribution in [0.5, 0.6) is 5.75 Å². The zero-order valence-electron chi connectivity index (χ0n) is 10.5.